The quantitative estimate of drug-likeness (QED) is 0.528. The lowest BCUT2D eigenvalue weighted by Gasteiger charge is -2.02. The lowest BCUT2D eigenvalue weighted by atomic mass is 10.5. The number of aromatic nitrogens is 2. The van der Waals surface area contributed by atoms with E-state index in [9.17, 15) is 0 Å². The van der Waals surface area contributed by atoms with Crippen LogP contribution in [-0.2, 0) is 6.54 Å². The Hall–Kier alpha value is -1.36. The van der Waals surface area contributed by atoms with Crippen LogP contribution in [0.15, 0.2) is 17.2 Å². The standard InChI is InChI=1S/C8H14N4O/c1-4-5-9-6-7-10-8(11-13-7)12(2)3/h4,9H,1,5-6H2,2-3H3. The summed E-state index contributed by atoms with van der Waals surface area (Å²) in [6.07, 6.45) is 1.78. The van der Waals surface area contributed by atoms with Crippen LogP contribution < -0.4 is 10.2 Å². The number of rotatable bonds is 5. The molecule has 0 aliphatic rings. The normalized spacial score (nSPS) is 10.0. The van der Waals surface area contributed by atoms with E-state index >= 15 is 0 Å². The fourth-order valence-electron chi connectivity index (χ4n) is 0.780. The molecule has 72 valence electrons. The number of anilines is 1. The van der Waals surface area contributed by atoms with Crippen molar-refractivity contribution in [3.05, 3.63) is 18.5 Å². The summed E-state index contributed by atoms with van der Waals surface area (Å²) in [5.74, 6) is 1.18. The Morgan fingerprint density at radius 2 is 2.38 bits per heavy atom. The second-order valence-corrected chi connectivity index (χ2v) is 2.80. The van der Waals surface area contributed by atoms with Gasteiger partial charge in [0.15, 0.2) is 0 Å². The van der Waals surface area contributed by atoms with E-state index < -0.39 is 0 Å². The molecule has 0 radical (unpaired) electrons. The monoisotopic (exact) mass is 182 g/mol. The van der Waals surface area contributed by atoms with E-state index in [1.54, 1.807) is 11.0 Å². The molecular weight excluding hydrogens is 168 g/mol. The Kier molecular flexibility index (Phi) is 3.45. The third-order valence-corrected chi connectivity index (χ3v) is 1.42. The summed E-state index contributed by atoms with van der Waals surface area (Å²) in [5, 5.41) is 6.84. The zero-order valence-electron chi connectivity index (χ0n) is 7.95. The van der Waals surface area contributed by atoms with E-state index in [1.807, 2.05) is 14.1 Å². The van der Waals surface area contributed by atoms with E-state index in [1.165, 1.54) is 0 Å². The summed E-state index contributed by atoms with van der Waals surface area (Å²) in [6, 6.07) is 0. The number of hydrogen-bond acceptors (Lipinski definition) is 5. The first-order valence-electron chi connectivity index (χ1n) is 4.05. The second-order valence-electron chi connectivity index (χ2n) is 2.80. The van der Waals surface area contributed by atoms with Gasteiger partial charge in [-0.1, -0.05) is 6.08 Å². The third kappa shape index (κ3) is 2.87. The molecule has 1 heterocycles. The zero-order valence-corrected chi connectivity index (χ0v) is 7.95. The third-order valence-electron chi connectivity index (χ3n) is 1.42. The van der Waals surface area contributed by atoms with Gasteiger partial charge in [0.1, 0.15) is 0 Å². The smallest absolute Gasteiger partial charge is 0.265 e. The summed E-state index contributed by atoms with van der Waals surface area (Å²) in [6.45, 7) is 4.90. The van der Waals surface area contributed by atoms with Crippen molar-refractivity contribution in [1.29, 1.82) is 0 Å². The van der Waals surface area contributed by atoms with Gasteiger partial charge in [0.05, 0.1) is 6.54 Å². The predicted molar refractivity (Wildman–Crippen MR) is 50.5 cm³/mol. The van der Waals surface area contributed by atoms with Crippen LogP contribution in [0.4, 0.5) is 5.95 Å². The van der Waals surface area contributed by atoms with Crippen molar-refractivity contribution >= 4 is 5.95 Å². The zero-order chi connectivity index (χ0) is 9.68. The predicted octanol–water partition coefficient (Wildman–Crippen LogP) is 0.411. The summed E-state index contributed by atoms with van der Waals surface area (Å²) >= 11 is 0. The largest absolute Gasteiger partial charge is 0.344 e. The van der Waals surface area contributed by atoms with E-state index in [0.29, 0.717) is 18.4 Å². The number of hydrogen-bond donors (Lipinski definition) is 1. The molecular formula is C8H14N4O. The molecule has 13 heavy (non-hydrogen) atoms. The van der Waals surface area contributed by atoms with E-state index in [2.05, 4.69) is 22.0 Å². The minimum Gasteiger partial charge on any atom is -0.344 e. The summed E-state index contributed by atoms with van der Waals surface area (Å²) in [4.78, 5) is 5.93. The molecule has 1 rings (SSSR count). The van der Waals surface area contributed by atoms with Crippen LogP contribution in [-0.4, -0.2) is 30.8 Å². The van der Waals surface area contributed by atoms with E-state index in [-0.39, 0.29) is 0 Å². The highest BCUT2D eigenvalue weighted by Crippen LogP contribution is 2.04. The summed E-state index contributed by atoms with van der Waals surface area (Å²) in [5.41, 5.74) is 0. The van der Waals surface area contributed by atoms with Gasteiger partial charge in [0.25, 0.3) is 5.95 Å². The molecule has 0 amide bonds. The number of nitrogens with zero attached hydrogens (tertiary/aromatic N) is 3. The van der Waals surface area contributed by atoms with Gasteiger partial charge in [-0.25, -0.2) is 0 Å². The van der Waals surface area contributed by atoms with Crippen LogP contribution in [0.2, 0.25) is 0 Å². The molecule has 0 aromatic carbocycles. The molecule has 0 bridgehead atoms. The molecule has 1 N–H and O–H groups in total. The first-order valence-corrected chi connectivity index (χ1v) is 4.05. The van der Waals surface area contributed by atoms with Crippen LogP contribution in [0.1, 0.15) is 5.89 Å². The van der Waals surface area contributed by atoms with Crippen LogP contribution in [0.5, 0.6) is 0 Å². The minimum atomic E-state index is 0.576. The topological polar surface area (TPSA) is 54.2 Å². The van der Waals surface area contributed by atoms with Crippen LogP contribution >= 0.6 is 0 Å². The molecule has 5 heteroatoms. The van der Waals surface area contributed by atoms with Crippen LogP contribution in [0.3, 0.4) is 0 Å². The Balaban J connectivity index is 2.44. The molecule has 1 aromatic heterocycles. The maximum Gasteiger partial charge on any atom is 0.265 e. The van der Waals surface area contributed by atoms with Gasteiger partial charge in [-0.2, -0.15) is 4.98 Å². The molecule has 0 spiro atoms. The SMILES string of the molecule is C=CCNCc1nc(N(C)C)no1. The molecule has 0 saturated carbocycles. The molecule has 0 saturated heterocycles. The Morgan fingerprint density at radius 3 is 2.92 bits per heavy atom. The molecule has 0 unspecified atom stereocenters. The van der Waals surface area contributed by atoms with Gasteiger partial charge in [-0.3, -0.25) is 0 Å². The van der Waals surface area contributed by atoms with Crippen molar-refractivity contribution < 1.29 is 4.52 Å². The lowest BCUT2D eigenvalue weighted by molar-refractivity contribution is 0.369. The first-order chi connectivity index (χ1) is 6.24. The Labute approximate surface area is 77.4 Å². The maximum atomic E-state index is 4.97. The van der Waals surface area contributed by atoms with Crippen LogP contribution in [0.25, 0.3) is 0 Å². The lowest BCUT2D eigenvalue weighted by Crippen LogP contribution is -2.13. The summed E-state index contributed by atoms with van der Waals surface area (Å²) in [7, 11) is 3.73. The van der Waals surface area contributed by atoms with Gasteiger partial charge in [0, 0.05) is 20.6 Å². The minimum absolute atomic E-state index is 0.576. The molecule has 0 aliphatic carbocycles. The van der Waals surface area contributed by atoms with Gasteiger partial charge in [-0.15, -0.1) is 6.58 Å². The van der Waals surface area contributed by atoms with Crippen molar-refractivity contribution in [2.45, 2.75) is 6.54 Å². The van der Waals surface area contributed by atoms with Crippen molar-refractivity contribution in [1.82, 2.24) is 15.5 Å². The first kappa shape index (κ1) is 9.73. The van der Waals surface area contributed by atoms with Crippen molar-refractivity contribution in [3.63, 3.8) is 0 Å². The Bertz CT molecular complexity index is 269. The van der Waals surface area contributed by atoms with Gasteiger partial charge >= 0.3 is 0 Å². The van der Waals surface area contributed by atoms with Gasteiger partial charge in [0.2, 0.25) is 5.89 Å². The fourth-order valence-corrected chi connectivity index (χ4v) is 0.780. The van der Waals surface area contributed by atoms with Crippen molar-refractivity contribution in [3.8, 4) is 0 Å². The van der Waals surface area contributed by atoms with Crippen molar-refractivity contribution in [2.75, 3.05) is 25.5 Å². The molecule has 0 fully saturated rings. The maximum absolute atomic E-state index is 4.97. The van der Waals surface area contributed by atoms with E-state index in [4.69, 9.17) is 4.52 Å². The average Bonchev–Trinajstić information content (AvgIpc) is 2.53. The molecule has 0 atom stereocenters. The highest BCUT2D eigenvalue weighted by Gasteiger charge is 2.05. The Morgan fingerprint density at radius 1 is 1.62 bits per heavy atom. The second kappa shape index (κ2) is 4.61. The van der Waals surface area contributed by atoms with Gasteiger partial charge in [-0.05, 0) is 5.16 Å². The average molecular weight is 182 g/mol. The molecule has 1 aromatic rings. The molecule has 5 nitrogen and oxygen atoms in total. The fraction of sp³-hybridized carbons (Fsp3) is 0.500. The van der Waals surface area contributed by atoms with Crippen molar-refractivity contribution in [2.24, 2.45) is 0 Å². The van der Waals surface area contributed by atoms with E-state index in [0.717, 1.165) is 6.54 Å². The summed E-state index contributed by atoms with van der Waals surface area (Å²) < 4.78 is 4.97. The highest BCUT2D eigenvalue weighted by atomic mass is 16.5. The highest BCUT2D eigenvalue weighted by molar-refractivity contribution is 5.23. The van der Waals surface area contributed by atoms with Crippen LogP contribution in [0, 0.1) is 0 Å². The van der Waals surface area contributed by atoms with Gasteiger partial charge < -0.3 is 14.7 Å². The number of nitrogens with one attached hydrogen (secondary N) is 1. The molecule has 0 aliphatic heterocycles.